The van der Waals surface area contributed by atoms with E-state index in [1.54, 1.807) is 0 Å². The fourth-order valence-electron chi connectivity index (χ4n) is 2.82. The zero-order valence-electron chi connectivity index (χ0n) is 12.4. The summed E-state index contributed by atoms with van der Waals surface area (Å²) in [5.74, 6) is 1.00. The highest BCUT2D eigenvalue weighted by Crippen LogP contribution is 2.25. The molecule has 1 N–H and O–H groups in total. The minimum atomic E-state index is 0.607. The molecule has 19 heavy (non-hydrogen) atoms. The zero-order chi connectivity index (χ0) is 13.7. The van der Waals surface area contributed by atoms with Crippen molar-refractivity contribution in [1.29, 1.82) is 0 Å². The van der Waals surface area contributed by atoms with Crippen molar-refractivity contribution in [3.63, 3.8) is 0 Å². The highest BCUT2D eigenvalue weighted by Gasteiger charge is 2.24. The third-order valence-corrected chi connectivity index (χ3v) is 4.07. The summed E-state index contributed by atoms with van der Waals surface area (Å²) in [5, 5.41) is 11.9. The molecule has 0 saturated heterocycles. The molecule has 1 aromatic heterocycles. The minimum absolute atomic E-state index is 0.607. The number of nitrogens with one attached hydrogen (secondary N) is 1. The van der Waals surface area contributed by atoms with Crippen LogP contribution in [0.4, 0.5) is 5.82 Å². The Balaban J connectivity index is 1.87. The maximum atomic E-state index is 4.24. The first-order valence-corrected chi connectivity index (χ1v) is 7.46. The van der Waals surface area contributed by atoms with Gasteiger partial charge >= 0.3 is 0 Å². The number of nitrogens with zero attached hydrogens (tertiary/aromatic N) is 3. The van der Waals surface area contributed by atoms with Crippen molar-refractivity contribution in [2.75, 3.05) is 18.5 Å². The Labute approximate surface area is 116 Å². The first kappa shape index (κ1) is 14.3. The molecule has 2 rings (SSSR count). The normalized spacial score (nSPS) is 23.3. The number of aromatic nitrogens is 2. The second kappa shape index (κ2) is 6.85. The van der Waals surface area contributed by atoms with Gasteiger partial charge in [-0.15, -0.1) is 5.10 Å². The van der Waals surface area contributed by atoms with Crippen LogP contribution in [0.5, 0.6) is 0 Å². The van der Waals surface area contributed by atoms with Gasteiger partial charge in [0.2, 0.25) is 0 Å². The molecule has 1 aromatic rings. The van der Waals surface area contributed by atoms with Crippen LogP contribution < -0.4 is 10.2 Å². The predicted molar refractivity (Wildman–Crippen MR) is 79.5 cm³/mol. The fraction of sp³-hybridized carbons (Fsp3) is 0.733. The summed E-state index contributed by atoms with van der Waals surface area (Å²) in [5.41, 5.74) is 1.18. The number of hydrogen-bond donors (Lipinski definition) is 1. The Morgan fingerprint density at radius 3 is 2.68 bits per heavy atom. The molecule has 1 heterocycles. The van der Waals surface area contributed by atoms with Gasteiger partial charge in [0.1, 0.15) is 0 Å². The van der Waals surface area contributed by atoms with Crippen LogP contribution in [0.2, 0.25) is 0 Å². The summed E-state index contributed by atoms with van der Waals surface area (Å²) >= 11 is 0. The summed E-state index contributed by atoms with van der Waals surface area (Å²) in [7, 11) is 2.15. The average Bonchev–Trinajstić information content (AvgIpc) is 2.45. The molecule has 0 radical (unpaired) electrons. The maximum absolute atomic E-state index is 4.24. The molecule has 0 atom stereocenters. The summed E-state index contributed by atoms with van der Waals surface area (Å²) in [6.45, 7) is 5.44. The standard InChI is InChI=1S/C15H26N4/c1-4-9-16-13-5-7-14(8-6-13)19(3)15-10-12(2)11-17-18-15/h10-11,13-14,16H,4-9H2,1-3H3. The van der Waals surface area contributed by atoms with Crippen molar-refractivity contribution >= 4 is 5.82 Å². The smallest absolute Gasteiger partial charge is 0.151 e. The van der Waals surface area contributed by atoms with Gasteiger partial charge < -0.3 is 10.2 Å². The van der Waals surface area contributed by atoms with Crippen molar-refractivity contribution in [2.45, 2.75) is 58.0 Å². The molecule has 0 unspecified atom stereocenters. The largest absolute Gasteiger partial charge is 0.355 e. The van der Waals surface area contributed by atoms with Crippen LogP contribution in [0, 0.1) is 6.92 Å². The van der Waals surface area contributed by atoms with Gasteiger partial charge in [0.15, 0.2) is 5.82 Å². The summed E-state index contributed by atoms with van der Waals surface area (Å²) < 4.78 is 0. The highest BCUT2D eigenvalue weighted by molar-refractivity contribution is 5.39. The molecule has 106 valence electrons. The molecular formula is C15H26N4. The molecule has 1 aliphatic rings. The van der Waals surface area contributed by atoms with Gasteiger partial charge in [-0.1, -0.05) is 6.92 Å². The van der Waals surface area contributed by atoms with Gasteiger partial charge in [-0.3, -0.25) is 0 Å². The van der Waals surface area contributed by atoms with E-state index >= 15 is 0 Å². The zero-order valence-corrected chi connectivity index (χ0v) is 12.4. The topological polar surface area (TPSA) is 41.0 Å². The van der Waals surface area contributed by atoms with Crippen LogP contribution in [0.3, 0.4) is 0 Å². The van der Waals surface area contributed by atoms with Crippen LogP contribution in [0.15, 0.2) is 12.3 Å². The Hall–Kier alpha value is -1.16. The van der Waals surface area contributed by atoms with Gasteiger partial charge in [-0.05, 0) is 57.2 Å². The second-order valence-corrected chi connectivity index (χ2v) is 5.66. The third-order valence-electron chi connectivity index (χ3n) is 4.07. The Morgan fingerprint density at radius 1 is 1.32 bits per heavy atom. The van der Waals surface area contributed by atoms with Gasteiger partial charge in [0.05, 0.1) is 6.20 Å². The molecule has 1 aliphatic carbocycles. The summed E-state index contributed by atoms with van der Waals surface area (Å²) in [6.07, 6.45) is 8.06. The van der Waals surface area contributed by atoms with E-state index in [-0.39, 0.29) is 0 Å². The lowest BCUT2D eigenvalue weighted by Crippen LogP contribution is -2.41. The molecule has 4 nitrogen and oxygen atoms in total. The van der Waals surface area contributed by atoms with E-state index in [1.165, 1.54) is 37.7 Å². The van der Waals surface area contributed by atoms with E-state index in [4.69, 9.17) is 0 Å². The Kier molecular flexibility index (Phi) is 5.14. The van der Waals surface area contributed by atoms with Gasteiger partial charge in [-0.2, -0.15) is 5.10 Å². The van der Waals surface area contributed by atoms with E-state index in [9.17, 15) is 0 Å². The van der Waals surface area contributed by atoms with Crippen LogP contribution in [-0.2, 0) is 0 Å². The van der Waals surface area contributed by atoms with Crippen molar-refractivity contribution in [2.24, 2.45) is 0 Å². The fourth-order valence-corrected chi connectivity index (χ4v) is 2.82. The number of aryl methyl sites for hydroxylation is 1. The summed E-state index contributed by atoms with van der Waals surface area (Å²) in [6, 6.07) is 3.44. The third kappa shape index (κ3) is 3.90. The van der Waals surface area contributed by atoms with E-state index in [0.29, 0.717) is 12.1 Å². The molecular weight excluding hydrogens is 236 g/mol. The molecule has 0 aromatic carbocycles. The lowest BCUT2D eigenvalue weighted by molar-refractivity contribution is 0.336. The highest BCUT2D eigenvalue weighted by atomic mass is 15.3. The molecule has 0 aliphatic heterocycles. The maximum Gasteiger partial charge on any atom is 0.151 e. The van der Waals surface area contributed by atoms with Crippen molar-refractivity contribution in [3.05, 3.63) is 17.8 Å². The molecule has 1 fully saturated rings. The Bertz CT molecular complexity index is 385. The van der Waals surface area contributed by atoms with Gasteiger partial charge in [0.25, 0.3) is 0 Å². The van der Waals surface area contributed by atoms with Gasteiger partial charge in [0, 0.05) is 19.1 Å². The van der Waals surface area contributed by atoms with E-state index in [2.05, 4.69) is 47.4 Å². The second-order valence-electron chi connectivity index (χ2n) is 5.66. The number of hydrogen-bond acceptors (Lipinski definition) is 4. The molecule has 1 saturated carbocycles. The molecule has 0 amide bonds. The summed E-state index contributed by atoms with van der Waals surface area (Å²) in [4.78, 5) is 2.30. The van der Waals surface area contributed by atoms with Gasteiger partial charge in [-0.25, -0.2) is 0 Å². The minimum Gasteiger partial charge on any atom is -0.355 e. The first-order valence-electron chi connectivity index (χ1n) is 7.46. The molecule has 0 spiro atoms. The lowest BCUT2D eigenvalue weighted by Gasteiger charge is -2.35. The average molecular weight is 262 g/mol. The van der Waals surface area contributed by atoms with Crippen LogP contribution >= 0.6 is 0 Å². The number of rotatable bonds is 5. The van der Waals surface area contributed by atoms with E-state index in [1.807, 2.05) is 6.20 Å². The monoisotopic (exact) mass is 262 g/mol. The van der Waals surface area contributed by atoms with Crippen molar-refractivity contribution in [1.82, 2.24) is 15.5 Å². The van der Waals surface area contributed by atoms with Crippen molar-refractivity contribution < 1.29 is 0 Å². The van der Waals surface area contributed by atoms with Crippen molar-refractivity contribution in [3.8, 4) is 0 Å². The van der Waals surface area contributed by atoms with E-state index < -0.39 is 0 Å². The number of anilines is 1. The molecule has 0 bridgehead atoms. The predicted octanol–water partition coefficient (Wildman–Crippen LogP) is 2.53. The van der Waals surface area contributed by atoms with E-state index in [0.717, 1.165) is 12.4 Å². The quantitative estimate of drug-likeness (QED) is 0.885. The lowest BCUT2D eigenvalue weighted by atomic mass is 9.90. The Morgan fingerprint density at radius 2 is 2.05 bits per heavy atom. The first-order chi connectivity index (χ1) is 9.20. The van der Waals surface area contributed by atoms with Crippen LogP contribution in [0.1, 0.15) is 44.6 Å². The van der Waals surface area contributed by atoms with Crippen LogP contribution in [-0.4, -0.2) is 35.9 Å². The van der Waals surface area contributed by atoms with Crippen LogP contribution in [0.25, 0.3) is 0 Å². The SMILES string of the molecule is CCCNC1CCC(N(C)c2cc(C)cnn2)CC1. The molecule has 4 heteroatoms.